The van der Waals surface area contributed by atoms with Crippen LogP contribution in [0.15, 0.2) is 0 Å². The molecule has 1 saturated heterocycles. The molecule has 0 saturated carbocycles. The molecule has 5 nitrogen and oxygen atoms in total. The summed E-state index contributed by atoms with van der Waals surface area (Å²) in [6.45, 7) is 1.73. The Morgan fingerprint density at radius 1 is 1.33 bits per heavy atom. The first kappa shape index (κ1) is 13.2. The van der Waals surface area contributed by atoms with Gasteiger partial charge in [0.25, 0.3) is 0 Å². The van der Waals surface area contributed by atoms with Crippen molar-refractivity contribution in [2.45, 2.75) is 25.1 Å². The van der Waals surface area contributed by atoms with E-state index in [1.54, 1.807) is 6.92 Å². The van der Waals surface area contributed by atoms with Gasteiger partial charge in [0.1, 0.15) is 12.2 Å². The lowest BCUT2D eigenvalue weighted by atomic mass is 10.4. The van der Waals surface area contributed by atoms with Crippen molar-refractivity contribution < 1.29 is 24.0 Å². The van der Waals surface area contributed by atoms with Crippen LogP contribution in [-0.2, 0) is 24.0 Å². The van der Waals surface area contributed by atoms with E-state index < -0.39 is 11.8 Å². The molecule has 0 aromatic rings. The minimum atomic E-state index is -1.48. The van der Waals surface area contributed by atoms with Gasteiger partial charge in [-0.1, -0.05) is 0 Å². The molecular weight excluding hydrogens is 247 g/mol. The lowest BCUT2D eigenvalue weighted by Crippen LogP contribution is -2.40. The molecule has 1 aliphatic rings. The predicted octanol–water partition coefficient (Wildman–Crippen LogP) is 1.42. The molecule has 0 N–H and O–H groups in total. The van der Waals surface area contributed by atoms with Gasteiger partial charge in [-0.3, -0.25) is 4.74 Å². The summed E-state index contributed by atoms with van der Waals surface area (Å²) in [5.41, 5.74) is 0. The first-order valence-corrected chi connectivity index (χ1v) is 5.43. The zero-order chi connectivity index (χ0) is 11.4. The van der Waals surface area contributed by atoms with E-state index in [0.29, 0.717) is 0 Å². The molecule has 0 aromatic heterocycles. The van der Waals surface area contributed by atoms with E-state index in [4.69, 9.17) is 42.5 Å². The summed E-state index contributed by atoms with van der Waals surface area (Å²) in [6, 6.07) is 0. The van der Waals surface area contributed by atoms with E-state index in [1.165, 1.54) is 0 Å². The van der Waals surface area contributed by atoms with Crippen LogP contribution in [0.1, 0.15) is 13.3 Å². The highest BCUT2D eigenvalue weighted by Gasteiger charge is 2.51. The SMILES string of the molecule is C[C@@]1(CCl)OO[C@](CCl)(OCCC=O)O1. The van der Waals surface area contributed by atoms with Gasteiger partial charge in [0.05, 0.1) is 12.5 Å². The molecule has 15 heavy (non-hydrogen) atoms. The summed E-state index contributed by atoms with van der Waals surface area (Å²) in [5, 5.41) is 0. The maximum Gasteiger partial charge on any atom is 0.328 e. The summed E-state index contributed by atoms with van der Waals surface area (Å²) in [6.07, 6.45) is 0.946. The largest absolute Gasteiger partial charge is 0.328 e. The Morgan fingerprint density at radius 3 is 2.53 bits per heavy atom. The number of carbonyl (C=O) groups is 1. The molecule has 88 valence electrons. The van der Waals surface area contributed by atoms with Gasteiger partial charge in [-0.25, -0.2) is 0 Å². The van der Waals surface area contributed by atoms with Crippen molar-refractivity contribution in [1.82, 2.24) is 0 Å². The van der Waals surface area contributed by atoms with Crippen LogP contribution < -0.4 is 0 Å². The predicted molar refractivity (Wildman–Crippen MR) is 52.5 cm³/mol. The Kier molecular flexibility index (Phi) is 4.76. The molecular formula is C8H12Cl2O5. The second-order valence-corrected chi connectivity index (χ2v) is 3.69. The maximum absolute atomic E-state index is 10.1. The summed E-state index contributed by atoms with van der Waals surface area (Å²) < 4.78 is 10.5. The molecule has 0 aromatic carbocycles. The number of halogens is 2. The molecule has 0 bridgehead atoms. The van der Waals surface area contributed by atoms with E-state index in [0.717, 1.165) is 6.29 Å². The second kappa shape index (κ2) is 5.43. The molecule has 0 amide bonds. The Morgan fingerprint density at radius 2 is 2.07 bits per heavy atom. The number of alkyl halides is 2. The zero-order valence-electron chi connectivity index (χ0n) is 8.20. The van der Waals surface area contributed by atoms with Crippen molar-refractivity contribution in [3.63, 3.8) is 0 Å². The fourth-order valence-corrected chi connectivity index (χ4v) is 1.24. The fourth-order valence-electron chi connectivity index (χ4n) is 0.968. The zero-order valence-corrected chi connectivity index (χ0v) is 9.71. The highest BCUT2D eigenvalue weighted by Crippen LogP contribution is 2.35. The van der Waals surface area contributed by atoms with Gasteiger partial charge < -0.3 is 9.53 Å². The van der Waals surface area contributed by atoms with Crippen LogP contribution >= 0.6 is 23.2 Å². The van der Waals surface area contributed by atoms with Crippen LogP contribution in [0.4, 0.5) is 0 Å². The third-order valence-electron chi connectivity index (χ3n) is 1.68. The Hall–Kier alpha value is 0.0900. The molecule has 1 heterocycles. The van der Waals surface area contributed by atoms with Crippen molar-refractivity contribution in [2.24, 2.45) is 0 Å². The van der Waals surface area contributed by atoms with E-state index in [1.807, 2.05) is 0 Å². The Balaban J connectivity index is 2.52. The van der Waals surface area contributed by atoms with Crippen molar-refractivity contribution in [1.29, 1.82) is 0 Å². The Labute approximate surface area is 97.4 Å². The molecule has 1 fully saturated rings. The van der Waals surface area contributed by atoms with Gasteiger partial charge in [-0.05, 0) is 6.92 Å². The molecule has 2 atom stereocenters. The van der Waals surface area contributed by atoms with Crippen LogP contribution in [0.5, 0.6) is 0 Å². The molecule has 0 unspecified atom stereocenters. The monoisotopic (exact) mass is 258 g/mol. The van der Waals surface area contributed by atoms with E-state index in [9.17, 15) is 4.79 Å². The normalized spacial score (nSPS) is 35.7. The maximum atomic E-state index is 10.1. The summed E-state index contributed by atoms with van der Waals surface area (Å²) in [5.74, 6) is -2.58. The van der Waals surface area contributed by atoms with E-state index >= 15 is 0 Å². The second-order valence-electron chi connectivity index (χ2n) is 3.16. The molecule has 0 spiro atoms. The van der Waals surface area contributed by atoms with Gasteiger partial charge in [-0.2, -0.15) is 9.78 Å². The number of rotatable bonds is 6. The summed E-state index contributed by atoms with van der Waals surface area (Å²) >= 11 is 11.3. The first-order chi connectivity index (χ1) is 7.10. The van der Waals surface area contributed by atoms with Crippen molar-refractivity contribution in [2.75, 3.05) is 18.4 Å². The molecule has 7 heteroatoms. The minimum Gasteiger partial charge on any atom is -0.324 e. The molecule has 1 aliphatic heterocycles. The quantitative estimate of drug-likeness (QED) is 0.312. The van der Waals surface area contributed by atoms with Crippen molar-refractivity contribution in [3.8, 4) is 0 Å². The van der Waals surface area contributed by atoms with Crippen LogP contribution in [0.3, 0.4) is 0 Å². The lowest BCUT2D eigenvalue weighted by Gasteiger charge is -2.23. The van der Waals surface area contributed by atoms with Gasteiger partial charge in [0.2, 0.25) is 5.79 Å². The smallest absolute Gasteiger partial charge is 0.324 e. The summed E-state index contributed by atoms with van der Waals surface area (Å²) in [7, 11) is 0. The van der Waals surface area contributed by atoms with Crippen LogP contribution in [0.2, 0.25) is 0 Å². The van der Waals surface area contributed by atoms with Gasteiger partial charge >= 0.3 is 5.97 Å². The van der Waals surface area contributed by atoms with E-state index in [2.05, 4.69) is 0 Å². The number of aldehydes is 1. The molecule has 1 rings (SSSR count). The lowest BCUT2D eigenvalue weighted by molar-refractivity contribution is -0.406. The van der Waals surface area contributed by atoms with Crippen molar-refractivity contribution >= 4 is 29.5 Å². The summed E-state index contributed by atoms with van der Waals surface area (Å²) in [4.78, 5) is 19.8. The third-order valence-corrected chi connectivity index (χ3v) is 2.49. The molecule has 0 radical (unpaired) electrons. The highest BCUT2D eigenvalue weighted by atomic mass is 35.5. The average molecular weight is 259 g/mol. The van der Waals surface area contributed by atoms with Gasteiger partial charge in [0.15, 0.2) is 0 Å². The van der Waals surface area contributed by atoms with Gasteiger partial charge in [0, 0.05) is 6.42 Å². The number of carbonyl (C=O) groups excluding carboxylic acids is 1. The number of ether oxygens (including phenoxy) is 2. The highest BCUT2D eigenvalue weighted by molar-refractivity contribution is 6.18. The van der Waals surface area contributed by atoms with Crippen LogP contribution in [0.25, 0.3) is 0 Å². The topological polar surface area (TPSA) is 54.0 Å². The van der Waals surface area contributed by atoms with E-state index in [-0.39, 0.29) is 24.8 Å². The first-order valence-electron chi connectivity index (χ1n) is 4.36. The van der Waals surface area contributed by atoms with Crippen LogP contribution in [-0.4, -0.2) is 36.4 Å². The minimum absolute atomic E-state index is 0.0721. The molecule has 0 aliphatic carbocycles. The van der Waals surface area contributed by atoms with Crippen molar-refractivity contribution in [3.05, 3.63) is 0 Å². The Bertz CT molecular complexity index is 227. The van der Waals surface area contributed by atoms with Gasteiger partial charge in [-0.15, -0.1) is 23.2 Å². The third kappa shape index (κ3) is 3.27. The number of hydrogen-bond donors (Lipinski definition) is 0. The van der Waals surface area contributed by atoms with Crippen LogP contribution in [0, 0.1) is 0 Å². The average Bonchev–Trinajstić information content (AvgIpc) is 2.59. The fraction of sp³-hybridized carbons (Fsp3) is 0.875. The number of hydrogen-bond acceptors (Lipinski definition) is 5. The standard InChI is InChI=1S/C8H12Cl2O5/c1-7(5-9)13-8(6-10,15-14-7)12-4-2-3-11/h3H,2,4-6H2,1H3/t7-,8+/m0/s1.